The van der Waals surface area contributed by atoms with Gasteiger partial charge in [0.2, 0.25) is 0 Å². The Labute approximate surface area is 219 Å². The summed E-state index contributed by atoms with van der Waals surface area (Å²) in [5.74, 6) is 0.723. The Hall–Kier alpha value is -3.76. The number of anilines is 2. The summed E-state index contributed by atoms with van der Waals surface area (Å²) in [7, 11) is 0. The molecule has 2 aliphatic rings. The summed E-state index contributed by atoms with van der Waals surface area (Å²) < 4.78 is 13.4. The average molecular weight is 492 g/mol. The van der Waals surface area contributed by atoms with E-state index in [9.17, 15) is 4.39 Å². The Morgan fingerprint density at radius 2 is 1.89 bits per heavy atom. The van der Waals surface area contributed by atoms with Crippen molar-refractivity contribution >= 4 is 17.6 Å². The van der Waals surface area contributed by atoms with E-state index in [1.165, 1.54) is 35.0 Å². The highest BCUT2D eigenvalue weighted by atomic mass is 19.1. The van der Waals surface area contributed by atoms with E-state index < -0.39 is 0 Å². The van der Waals surface area contributed by atoms with E-state index in [0.29, 0.717) is 11.8 Å². The highest BCUT2D eigenvalue weighted by Crippen LogP contribution is 2.69. The minimum atomic E-state index is -0.263. The molecule has 5 rings (SSSR count). The van der Waals surface area contributed by atoms with Gasteiger partial charge in [0, 0.05) is 54.1 Å². The summed E-state index contributed by atoms with van der Waals surface area (Å²) >= 11 is 0. The molecule has 37 heavy (non-hydrogen) atoms. The van der Waals surface area contributed by atoms with E-state index in [-0.39, 0.29) is 11.2 Å². The lowest BCUT2D eigenvalue weighted by atomic mass is 9.85. The van der Waals surface area contributed by atoms with Gasteiger partial charge in [-0.15, -0.1) is 0 Å². The monoisotopic (exact) mass is 491 g/mol. The van der Waals surface area contributed by atoms with Crippen molar-refractivity contribution in [2.24, 2.45) is 5.92 Å². The van der Waals surface area contributed by atoms with Crippen molar-refractivity contribution in [3.8, 4) is 0 Å². The summed E-state index contributed by atoms with van der Waals surface area (Å²) in [4.78, 5) is 2.53. The van der Waals surface area contributed by atoms with E-state index >= 15 is 0 Å². The van der Waals surface area contributed by atoms with Gasteiger partial charge in [0.1, 0.15) is 5.82 Å². The molecule has 1 heterocycles. The van der Waals surface area contributed by atoms with Gasteiger partial charge < -0.3 is 10.7 Å². The first-order chi connectivity index (χ1) is 18.0. The molecule has 4 heteroatoms. The lowest BCUT2D eigenvalue weighted by Gasteiger charge is -2.26. The van der Waals surface area contributed by atoms with Crippen LogP contribution in [0, 0.1) is 24.1 Å². The van der Waals surface area contributed by atoms with Gasteiger partial charge in [-0.3, -0.25) is 4.90 Å². The summed E-state index contributed by atoms with van der Waals surface area (Å²) in [6.07, 6.45) is 9.62. The van der Waals surface area contributed by atoms with E-state index in [4.69, 9.17) is 5.41 Å². The van der Waals surface area contributed by atoms with Crippen LogP contribution >= 0.6 is 0 Å². The van der Waals surface area contributed by atoms with Crippen molar-refractivity contribution < 1.29 is 4.39 Å². The van der Waals surface area contributed by atoms with Gasteiger partial charge >= 0.3 is 0 Å². The predicted molar refractivity (Wildman–Crippen MR) is 153 cm³/mol. The van der Waals surface area contributed by atoms with Gasteiger partial charge in [0.15, 0.2) is 0 Å². The van der Waals surface area contributed by atoms with Gasteiger partial charge in [-0.05, 0) is 78.4 Å². The van der Waals surface area contributed by atoms with Crippen LogP contribution in [0.1, 0.15) is 35.1 Å². The maximum Gasteiger partial charge on any atom is 0.123 e. The van der Waals surface area contributed by atoms with E-state index in [1.807, 2.05) is 19.1 Å². The zero-order chi connectivity index (χ0) is 26.0. The van der Waals surface area contributed by atoms with Gasteiger partial charge in [-0.25, -0.2) is 4.39 Å². The smallest absolute Gasteiger partial charge is 0.123 e. The number of piperidine rings is 1. The number of hydrogen-bond donors (Lipinski definition) is 2. The van der Waals surface area contributed by atoms with Crippen molar-refractivity contribution in [2.45, 2.75) is 25.2 Å². The predicted octanol–water partition coefficient (Wildman–Crippen LogP) is 7.53. The number of likely N-dealkylation sites (tertiary alicyclic amines) is 1. The van der Waals surface area contributed by atoms with Crippen LogP contribution in [0.5, 0.6) is 0 Å². The Balaban J connectivity index is 1.47. The fourth-order valence-corrected chi connectivity index (χ4v) is 6.26. The molecule has 1 saturated carbocycles. The zero-order valence-corrected chi connectivity index (χ0v) is 21.5. The van der Waals surface area contributed by atoms with Crippen molar-refractivity contribution in [1.29, 1.82) is 5.41 Å². The summed E-state index contributed by atoms with van der Waals surface area (Å²) in [6, 6.07) is 21.5. The van der Waals surface area contributed by atoms with E-state index in [2.05, 4.69) is 78.3 Å². The quantitative estimate of drug-likeness (QED) is 0.240. The van der Waals surface area contributed by atoms with Gasteiger partial charge in [-0.1, -0.05) is 61.2 Å². The maximum absolute atomic E-state index is 13.4. The Morgan fingerprint density at radius 3 is 2.59 bits per heavy atom. The third kappa shape index (κ3) is 4.82. The van der Waals surface area contributed by atoms with Crippen LogP contribution in [0.25, 0.3) is 0 Å². The first kappa shape index (κ1) is 24.9. The number of nitrogens with zero attached hydrogens (tertiary/aromatic N) is 1. The molecule has 3 atom stereocenters. The van der Waals surface area contributed by atoms with Crippen LogP contribution in [0.3, 0.4) is 0 Å². The molecule has 3 nitrogen and oxygen atoms in total. The highest BCUT2D eigenvalue weighted by Gasteiger charge is 2.70. The first-order valence-corrected chi connectivity index (χ1v) is 12.9. The number of rotatable bonds is 9. The molecule has 1 saturated heterocycles. The molecule has 188 valence electrons. The second kappa shape index (κ2) is 10.3. The molecule has 0 radical (unpaired) electrons. The van der Waals surface area contributed by atoms with Crippen LogP contribution in [0.2, 0.25) is 0 Å². The fourth-order valence-electron chi connectivity index (χ4n) is 6.26. The van der Waals surface area contributed by atoms with Crippen LogP contribution in [-0.2, 0) is 5.41 Å². The largest absolute Gasteiger partial charge is 0.355 e. The topological polar surface area (TPSA) is 39.1 Å². The minimum Gasteiger partial charge on any atom is -0.355 e. The zero-order valence-electron chi connectivity index (χ0n) is 21.5. The molecule has 0 spiro atoms. The van der Waals surface area contributed by atoms with Crippen molar-refractivity contribution in [2.75, 3.05) is 25.0 Å². The number of benzene rings is 3. The molecule has 2 fully saturated rings. The average Bonchev–Trinajstić information content (AvgIpc) is 3.36. The fraction of sp³-hybridized carbons (Fsp3) is 0.242. The minimum absolute atomic E-state index is 0.0188. The number of nitrogens with one attached hydrogen (secondary N) is 2. The third-order valence-electron chi connectivity index (χ3n) is 7.85. The molecule has 2 unspecified atom stereocenters. The van der Waals surface area contributed by atoms with Crippen LogP contribution in [-0.4, -0.2) is 30.7 Å². The molecule has 2 N–H and O–H groups in total. The lowest BCUT2D eigenvalue weighted by Crippen LogP contribution is -2.30. The van der Waals surface area contributed by atoms with Gasteiger partial charge in [0.25, 0.3) is 0 Å². The summed E-state index contributed by atoms with van der Waals surface area (Å²) in [5, 5.41) is 11.6. The molecule has 0 amide bonds. The molecular weight excluding hydrogens is 457 g/mol. The molecule has 3 aromatic carbocycles. The summed E-state index contributed by atoms with van der Waals surface area (Å²) in [6.45, 7) is 11.3. The van der Waals surface area contributed by atoms with E-state index in [0.717, 1.165) is 42.1 Å². The molecule has 3 aromatic rings. The Bertz CT molecular complexity index is 1360. The molecule has 1 aliphatic carbocycles. The van der Waals surface area contributed by atoms with Crippen LogP contribution in [0.4, 0.5) is 15.8 Å². The first-order valence-electron chi connectivity index (χ1n) is 12.9. The number of hydrogen-bond acceptors (Lipinski definition) is 3. The van der Waals surface area contributed by atoms with Crippen molar-refractivity contribution in [3.05, 3.63) is 131 Å². The second-order valence-corrected chi connectivity index (χ2v) is 10.3. The van der Waals surface area contributed by atoms with E-state index in [1.54, 1.807) is 12.1 Å². The lowest BCUT2D eigenvalue weighted by molar-refractivity contribution is 0.315. The highest BCUT2D eigenvalue weighted by molar-refractivity contribution is 5.88. The number of aryl methyl sites for hydroxylation is 1. The molecular formula is C33H34FN3. The van der Waals surface area contributed by atoms with Crippen LogP contribution < -0.4 is 5.32 Å². The third-order valence-corrected chi connectivity index (χ3v) is 7.85. The maximum atomic E-state index is 13.4. The Morgan fingerprint density at radius 1 is 1.14 bits per heavy atom. The standard InChI is InChI=1S/C33H34FN3/c1-4-5-7-10-23(2)20-37-21-30-32(25-11-8-6-9-12-25)33(30,22-37)29-18-26(19-35)31(17-24(29)3)36-28-15-13-27(34)14-16-28/h4-19,30,32,35-36H,2,20-22H2,1,3H3/b5-4-,10-7-,35-19?/t30?,32?,33-/m0/s1. The SMILES string of the molecule is C=C(/C=C\C=C/C)CN1CC2C(c3ccccc3)[C@]2(c2cc(C=N)c(Nc3ccc(F)cc3)cc2C)C1. The molecule has 0 aromatic heterocycles. The molecule has 1 aliphatic heterocycles. The van der Waals surface area contributed by atoms with Gasteiger partial charge in [-0.2, -0.15) is 0 Å². The number of halogens is 1. The van der Waals surface area contributed by atoms with Crippen LogP contribution in [0.15, 0.2) is 103 Å². The normalized spacial score (nSPS) is 22.9. The summed E-state index contributed by atoms with van der Waals surface area (Å²) in [5.41, 5.74) is 7.58. The van der Waals surface area contributed by atoms with Gasteiger partial charge in [0.05, 0.1) is 0 Å². The number of allylic oxidation sites excluding steroid dienone is 3. The van der Waals surface area contributed by atoms with Crippen molar-refractivity contribution in [1.82, 2.24) is 4.90 Å². The molecule has 0 bridgehead atoms. The van der Waals surface area contributed by atoms with Crippen molar-refractivity contribution in [3.63, 3.8) is 0 Å². The second-order valence-electron chi connectivity index (χ2n) is 10.3. The Kier molecular flexibility index (Phi) is 6.94. The number of fused-ring (bicyclic) bond motifs is 1.